The summed E-state index contributed by atoms with van der Waals surface area (Å²) in [6.07, 6.45) is 6.27. The molecule has 3 N–H and O–H groups in total. The Morgan fingerprint density at radius 3 is 2.30 bits per heavy atom. The van der Waals surface area contributed by atoms with Gasteiger partial charge in [-0.25, -0.2) is 5.43 Å². The van der Waals surface area contributed by atoms with E-state index in [9.17, 15) is 14.7 Å². The van der Waals surface area contributed by atoms with Crippen LogP contribution in [0.1, 0.15) is 21.5 Å². The average Bonchev–Trinajstić information content (AvgIpc) is 2.82. The van der Waals surface area contributed by atoms with Crippen molar-refractivity contribution < 1.29 is 14.7 Å². The molecule has 3 aromatic rings. The van der Waals surface area contributed by atoms with E-state index in [1.807, 2.05) is 36.4 Å². The zero-order valence-electron chi connectivity index (χ0n) is 17.2. The maximum absolute atomic E-state index is 12.7. The SMILES string of the molecule is O=C(N/N=C/c1cc(Br)cc(Br)c1O)C(=CC=Cc1ccccc1)NC(=O)c1ccccc1. The predicted molar refractivity (Wildman–Crippen MR) is 137 cm³/mol. The number of phenols is 1. The number of aromatic hydroxyl groups is 1. The number of hydrazone groups is 1. The van der Waals surface area contributed by atoms with Gasteiger partial charge in [-0.2, -0.15) is 5.10 Å². The molecule has 0 spiro atoms. The van der Waals surface area contributed by atoms with Crippen molar-refractivity contribution in [2.75, 3.05) is 0 Å². The van der Waals surface area contributed by atoms with Gasteiger partial charge in [0.05, 0.1) is 10.7 Å². The third kappa shape index (κ3) is 7.27. The van der Waals surface area contributed by atoms with Crippen LogP contribution in [0, 0.1) is 0 Å². The zero-order valence-corrected chi connectivity index (χ0v) is 20.4. The van der Waals surface area contributed by atoms with Gasteiger partial charge in [-0.3, -0.25) is 9.59 Å². The first-order chi connectivity index (χ1) is 15.9. The molecule has 0 aliphatic rings. The zero-order chi connectivity index (χ0) is 23.6. The summed E-state index contributed by atoms with van der Waals surface area (Å²) in [5.74, 6) is -1.07. The number of allylic oxidation sites excluding steroid dienone is 2. The van der Waals surface area contributed by atoms with Crippen molar-refractivity contribution >= 4 is 56.0 Å². The van der Waals surface area contributed by atoms with E-state index >= 15 is 0 Å². The van der Waals surface area contributed by atoms with Crippen LogP contribution in [0.4, 0.5) is 0 Å². The molecule has 6 nitrogen and oxygen atoms in total. The van der Waals surface area contributed by atoms with Gasteiger partial charge < -0.3 is 10.4 Å². The van der Waals surface area contributed by atoms with Crippen molar-refractivity contribution in [3.8, 4) is 5.75 Å². The topological polar surface area (TPSA) is 90.8 Å². The third-order valence-corrected chi connectivity index (χ3v) is 5.37. The lowest BCUT2D eigenvalue weighted by molar-refractivity contribution is -0.117. The molecule has 0 radical (unpaired) electrons. The van der Waals surface area contributed by atoms with E-state index in [4.69, 9.17) is 0 Å². The highest BCUT2D eigenvalue weighted by molar-refractivity contribution is 9.11. The van der Waals surface area contributed by atoms with Gasteiger partial charge in [0, 0.05) is 15.6 Å². The van der Waals surface area contributed by atoms with Gasteiger partial charge in [0.15, 0.2) is 0 Å². The van der Waals surface area contributed by atoms with Crippen LogP contribution in [0.3, 0.4) is 0 Å². The van der Waals surface area contributed by atoms with Crippen molar-refractivity contribution in [1.82, 2.24) is 10.7 Å². The molecule has 0 saturated heterocycles. The molecule has 2 amide bonds. The average molecular weight is 569 g/mol. The molecule has 3 aromatic carbocycles. The summed E-state index contributed by atoms with van der Waals surface area (Å²) >= 11 is 6.58. The Labute approximate surface area is 208 Å². The molecule has 0 bridgehead atoms. The Balaban J connectivity index is 1.78. The van der Waals surface area contributed by atoms with Gasteiger partial charge in [0.1, 0.15) is 11.4 Å². The maximum Gasteiger partial charge on any atom is 0.287 e. The van der Waals surface area contributed by atoms with Gasteiger partial charge >= 0.3 is 0 Å². The van der Waals surface area contributed by atoms with E-state index in [1.165, 1.54) is 12.3 Å². The first-order valence-electron chi connectivity index (χ1n) is 9.75. The number of benzene rings is 3. The van der Waals surface area contributed by atoms with Gasteiger partial charge in [-0.15, -0.1) is 0 Å². The largest absolute Gasteiger partial charge is 0.506 e. The van der Waals surface area contributed by atoms with Crippen LogP contribution in [0.5, 0.6) is 5.75 Å². The number of phenolic OH excluding ortho intramolecular Hbond substituents is 1. The van der Waals surface area contributed by atoms with E-state index in [0.29, 0.717) is 15.6 Å². The number of nitrogens with one attached hydrogen (secondary N) is 2. The molecule has 0 aliphatic carbocycles. The summed E-state index contributed by atoms with van der Waals surface area (Å²) in [4.78, 5) is 25.3. The first-order valence-corrected chi connectivity index (χ1v) is 11.3. The number of carbonyl (C=O) groups is 2. The van der Waals surface area contributed by atoms with Gasteiger partial charge in [-0.05, 0) is 51.8 Å². The Morgan fingerprint density at radius 1 is 0.939 bits per heavy atom. The lowest BCUT2D eigenvalue weighted by Gasteiger charge is -2.08. The van der Waals surface area contributed by atoms with E-state index in [-0.39, 0.29) is 11.4 Å². The summed E-state index contributed by atoms with van der Waals surface area (Å²) < 4.78 is 1.20. The highest BCUT2D eigenvalue weighted by Gasteiger charge is 2.13. The predicted octanol–water partition coefficient (Wildman–Crippen LogP) is 5.39. The second-order valence-corrected chi connectivity index (χ2v) is 8.46. The van der Waals surface area contributed by atoms with Crippen molar-refractivity contribution in [2.24, 2.45) is 5.10 Å². The fraction of sp³-hybridized carbons (Fsp3) is 0. The number of hydrogen-bond donors (Lipinski definition) is 3. The minimum absolute atomic E-state index is 0.00725. The Hall–Kier alpha value is -3.49. The molecule has 3 rings (SSSR count). The van der Waals surface area contributed by atoms with Crippen molar-refractivity contribution in [3.05, 3.63) is 116 Å². The van der Waals surface area contributed by atoms with E-state index in [0.717, 1.165) is 10.0 Å². The fourth-order valence-electron chi connectivity index (χ4n) is 2.68. The molecule has 166 valence electrons. The van der Waals surface area contributed by atoms with Gasteiger partial charge in [0.2, 0.25) is 0 Å². The normalized spacial score (nSPS) is 11.6. The van der Waals surface area contributed by atoms with Crippen molar-refractivity contribution in [1.29, 1.82) is 0 Å². The van der Waals surface area contributed by atoms with E-state index in [1.54, 1.807) is 48.5 Å². The monoisotopic (exact) mass is 567 g/mol. The van der Waals surface area contributed by atoms with Crippen molar-refractivity contribution in [2.45, 2.75) is 0 Å². The van der Waals surface area contributed by atoms with Gasteiger partial charge in [-0.1, -0.05) is 76.6 Å². The third-order valence-electron chi connectivity index (χ3n) is 4.31. The van der Waals surface area contributed by atoms with E-state index in [2.05, 4.69) is 47.7 Å². The Kier molecular flexibility index (Phi) is 8.74. The molecule has 0 unspecified atom stereocenters. The smallest absolute Gasteiger partial charge is 0.287 e. The molecule has 8 heteroatoms. The minimum atomic E-state index is -0.623. The first kappa shape index (κ1) is 24.2. The van der Waals surface area contributed by atoms with Crippen LogP contribution in [-0.4, -0.2) is 23.1 Å². The summed E-state index contributed by atoms with van der Waals surface area (Å²) in [5.41, 5.74) is 4.12. The minimum Gasteiger partial charge on any atom is -0.506 e. The van der Waals surface area contributed by atoms with Crippen LogP contribution in [0.25, 0.3) is 6.08 Å². The lowest BCUT2D eigenvalue weighted by atomic mass is 10.2. The van der Waals surface area contributed by atoms with Crippen LogP contribution >= 0.6 is 31.9 Å². The molecule has 0 fully saturated rings. The Bertz CT molecular complexity index is 1220. The second-order valence-electron chi connectivity index (χ2n) is 6.69. The standard InChI is InChI=1S/C25H19Br2N3O3/c26-20-14-19(23(31)21(27)15-20)16-28-30-25(33)22(13-7-10-17-8-3-1-4-9-17)29-24(32)18-11-5-2-6-12-18/h1-16,31H,(H,29,32)(H,30,33)/b10-7?,22-13?,28-16+. The number of carbonyl (C=O) groups excluding carboxylic acids is 2. The molecule has 0 aliphatic heterocycles. The molecular formula is C25H19Br2N3O3. The summed E-state index contributed by atoms with van der Waals surface area (Å²) in [6.45, 7) is 0. The molecule has 0 atom stereocenters. The quantitative estimate of drug-likeness (QED) is 0.154. The van der Waals surface area contributed by atoms with Gasteiger partial charge in [0.25, 0.3) is 11.8 Å². The highest BCUT2D eigenvalue weighted by atomic mass is 79.9. The number of rotatable bonds is 7. The summed E-state index contributed by atoms with van der Waals surface area (Å²) in [6, 6.07) is 21.4. The molecule has 0 heterocycles. The van der Waals surface area contributed by atoms with Crippen molar-refractivity contribution in [3.63, 3.8) is 0 Å². The molecule has 33 heavy (non-hydrogen) atoms. The van der Waals surface area contributed by atoms with Crippen LogP contribution in [0.2, 0.25) is 0 Å². The second kappa shape index (κ2) is 11.9. The summed E-state index contributed by atoms with van der Waals surface area (Å²) in [5, 5.41) is 16.6. The molecular weight excluding hydrogens is 550 g/mol. The number of amides is 2. The molecule has 0 saturated carbocycles. The van der Waals surface area contributed by atoms with Crippen LogP contribution in [0.15, 0.2) is 105 Å². The highest BCUT2D eigenvalue weighted by Crippen LogP contribution is 2.30. The fourth-order valence-corrected chi connectivity index (χ4v) is 3.94. The maximum atomic E-state index is 12.7. The Morgan fingerprint density at radius 2 is 1.61 bits per heavy atom. The number of halogens is 2. The number of nitrogens with zero attached hydrogens (tertiary/aromatic N) is 1. The summed E-state index contributed by atoms with van der Waals surface area (Å²) in [7, 11) is 0. The van der Waals surface area contributed by atoms with Crippen LogP contribution < -0.4 is 10.7 Å². The molecule has 0 aromatic heterocycles. The van der Waals surface area contributed by atoms with E-state index < -0.39 is 11.8 Å². The van der Waals surface area contributed by atoms with Crippen LogP contribution in [-0.2, 0) is 4.79 Å². The number of hydrogen-bond acceptors (Lipinski definition) is 4. The lowest BCUT2D eigenvalue weighted by Crippen LogP contribution is -2.32.